The molecule has 3 fully saturated rings. The van der Waals surface area contributed by atoms with E-state index >= 15 is 0 Å². The molecule has 25 heavy (non-hydrogen) atoms. The van der Waals surface area contributed by atoms with Crippen molar-refractivity contribution in [3.05, 3.63) is 35.9 Å². The number of likely N-dealkylation sites (tertiary alicyclic amines) is 3. The highest BCUT2D eigenvalue weighted by Crippen LogP contribution is 2.30. The molecule has 2 unspecified atom stereocenters. The van der Waals surface area contributed by atoms with Crippen LogP contribution in [0.5, 0.6) is 0 Å². The van der Waals surface area contributed by atoms with Gasteiger partial charge in [-0.05, 0) is 37.3 Å². The van der Waals surface area contributed by atoms with Gasteiger partial charge in [-0.15, -0.1) is 0 Å². The average molecular weight is 341 g/mol. The van der Waals surface area contributed by atoms with Gasteiger partial charge in [0.25, 0.3) is 0 Å². The zero-order valence-corrected chi connectivity index (χ0v) is 14.9. The van der Waals surface area contributed by atoms with Gasteiger partial charge in [0.05, 0.1) is 0 Å². The van der Waals surface area contributed by atoms with Gasteiger partial charge in [-0.1, -0.05) is 30.3 Å². The third kappa shape index (κ3) is 3.43. The lowest BCUT2D eigenvalue weighted by Crippen LogP contribution is -2.56. The van der Waals surface area contributed by atoms with Crippen molar-refractivity contribution in [1.29, 1.82) is 0 Å². The van der Waals surface area contributed by atoms with Crippen molar-refractivity contribution >= 4 is 11.8 Å². The topological polar surface area (TPSA) is 43.9 Å². The number of fused-ring (bicyclic) bond motifs is 2. The van der Waals surface area contributed by atoms with Gasteiger partial charge in [-0.2, -0.15) is 0 Å². The van der Waals surface area contributed by atoms with Crippen molar-refractivity contribution in [3.63, 3.8) is 0 Å². The molecule has 4 rings (SSSR count). The Morgan fingerprint density at radius 3 is 2.44 bits per heavy atom. The van der Waals surface area contributed by atoms with Crippen LogP contribution in [-0.2, 0) is 16.1 Å². The van der Waals surface area contributed by atoms with E-state index in [-0.39, 0.29) is 17.9 Å². The second-order valence-corrected chi connectivity index (χ2v) is 7.99. The number of hydrogen-bond donors (Lipinski definition) is 0. The summed E-state index contributed by atoms with van der Waals surface area (Å²) in [5.41, 5.74) is 1.09. The third-order valence-corrected chi connectivity index (χ3v) is 5.88. The summed E-state index contributed by atoms with van der Waals surface area (Å²) in [6.07, 6.45) is 2.40. The lowest BCUT2D eigenvalue weighted by Gasteiger charge is -2.45. The number of hydrogen-bond acceptors (Lipinski definition) is 3. The molecule has 3 heterocycles. The maximum absolute atomic E-state index is 13.2. The van der Waals surface area contributed by atoms with Crippen LogP contribution < -0.4 is 0 Å². The Morgan fingerprint density at radius 1 is 1.08 bits per heavy atom. The minimum atomic E-state index is -0.274. The van der Waals surface area contributed by atoms with E-state index in [0.29, 0.717) is 31.2 Å². The average Bonchev–Trinajstić information content (AvgIpc) is 2.95. The summed E-state index contributed by atoms with van der Waals surface area (Å²) in [4.78, 5) is 31.8. The molecule has 0 radical (unpaired) electrons. The summed E-state index contributed by atoms with van der Waals surface area (Å²) in [5, 5.41) is 0. The predicted molar refractivity (Wildman–Crippen MR) is 95.7 cm³/mol. The van der Waals surface area contributed by atoms with Crippen molar-refractivity contribution in [1.82, 2.24) is 14.7 Å². The lowest BCUT2D eigenvalue weighted by atomic mass is 9.84. The second kappa shape index (κ2) is 6.79. The number of nitrogens with zero attached hydrogens (tertiary/aromatic N) is 3. The molecular formula is C20H27N3O2. The third-order valence-electron chi connectivity index (χ3n) is 5.88. The van der Waals surface area contributed by atoms with Crippen molar-refractivity contribution in [2.75, 3.05) is 33.2 Å². The second-order valence-electron chi connectivity index (χ2n) is 7.99. The van der Waals surface area contributed by atoms with Crippen LogP contribution in [0.3, 0.4) is 0 Å². The highest BCUT2D eigenvalue weighted by atomic mass is 16.2. The molecule has 0 aromatic heterocycles. The van der Waals surface area contributed by atoms with E-state index in [4.69, 9.17) is 0 Å². The van der Waals surface area contributed by atoms with Crippen molar-refractivity contribution < 1.29 is 9.59 Å². The maximum atomic E-state index is 13.2. The number of rotatable bonds is 3. The van der Waals surface area contributed by atoms with Gasteiger partial charge in [-0.25, -0.2) is 0 Å². The van der Waals surface area contributed by atoms with Crippen LogP contribution in [0.2, 0.25) is 0 Å². The molecule has 1 aromatic carbocycles. The molecular weight excluding hydrogens is 314 g/mol. The molecule has 0 spiro atoms. The molecule has 1 aromatic rings. The van der Waals surface area contributed by atoms with E-state index < -0.39 is 0 Å². The Kier molecular flexibility index (Phi) is 4.50. The van der Waals surface area contributed by atoms with Gasteiger partial charge < -0.3 is 14.7 Å². The first-order valence-electron chi connectivity index (χ1n) is 9.41. The normalized spacial score (nSPS) is 30.0. The molecule has 134 valence electrons. The van der Waals surface area contributed by atoms with Crippen LogP contribution in [0, 0.1) is 11.8 Å². The fourth-order valence-corrected chi connectivity index (χ4v) is 4.90. The number of piperidine rings is 2. The Hall–Kier alpha value is -1.88. The smallest absolute Gasteiger partial charge is 0.245 e. The van der Waals surface area contributed by atoms with Crippen molar-refractivity contribution in [2.24, 2.45) is 11.8 Å². The largest absolute Gasteiger partial charge is 0.340 e. The quantitative estimate of drug-likeness (QED) is 0.839. The Morgan fingerprint density at radius 2 is 1.76 bits per heavy atom. The summed E-state index contributed by atoms with van der Waals surface area (Å²) < 4.78 is 0. The number of benzene rings is 1. The summed E-state index contributed by atoms with van der Waals surface area (Å²) in [5.74, 6) is 1.45. The van der Waals surface area contributed by atoms with Crippen LogP contribution >= 0.6 is 0 Å². The Balaban J connectivity index is 1.46. The van der Waals surface area contributed by atoms with Crippen LogP contribution in [0.1, 0.15) is 24.8 Å². The van der Waals surface area contributed by atoms with Gasteiger partial charge in [0.2, 0.25) is 11.8 Å². The summed E-state index contributed by atoms with van der Waals surface area (Å²) in [6.45, 7) is 4.40. The summed E-state index contributed by atoms with van der Waals surface area (Å²) in [6, 6.07) is 9.71. The van der Waals surface area contributed by atoms with E-state index in [2.05, 4.69) is 11.9 Å². The van der Waals surface area contributed by atoms with Crippen molar-refractivity contribution in [3.8, 4) is 0 Å². The molecule has 2 amide bonds. The monoisotopic (exact) mass is 341 g/mol. The van der Waals surface area contributed by atoms with Gasteiger partial charge in [0, 0.05) is 39.1 Å². The molecule has 3 aliphatic heterocycles. The van der Waals surface area contributed by atoms with Gasteiger partial charge in [0.1, 0.15) is 6.04 Å². The lowest BCUT2D eigenvalue weighted by molar-refractivity contribution is -0.145. The molecule has 5 heteroatoms. The number of carbonyl (C=O) groups excluding carboxylic acids is 2. The summed E-state index contributed by atoms with van der Waals surface area (Å²) >= 11 is 0. The molecule has 0 N–H and O–H groups in total. The maximum Gasteiger partial charge on any atom is 0.245 e. The molecule has 3 atom stereocenters. The fourth-order valence-electron chi connectivity index (χ4n) is 4.90. The predicted octanol–water partition coefficient (Wildman–Crippen LogP) is 1.59. The molecule has 0 aliphatic carbocycles. The van der Waals surface area contributed by atoms with Crippen LogP contribution in [0.15, 0.2) is 30.3 Å². The standard InChI is InChI=1S/C20H27N3O2/c1-21-10-16-9-17(11-21)13-22(12-16)20(25)18-7-8-19(24)23(18)14-15-5-3-2-4-6-15/h2-6,16-18H,7-14H2,1H3/t16?,17?,18-/m0/s1. The van der Waals surface area contributed by atoms with Gasteiger partial charge in [0.15, 0.2) is 0 Å². The van der Waals surface area contributed by atoms with Crippen LogP contribution in [-0.4, -0.2) is 65.8 Å². The molecule has 3 aliphatic rings. The SMILES string of the molecule is CN1CC2CC(C1)CN(C(=O)[C@@H]1CCC(=O)N1Cc1ccccc1)C2. The first-order chi connectivity index (χ1) is 12.1. The highest BCUT2D eigenvalue weighted by molar-refractivity contribution is 5.91. The van der Waals surface area contributed by atoms with Crippen LogP contribution in [0.25, 0.3) is 0 Å². The van der Waals surface area contributed by atoms with Gasteiger partial charge in [-0.3, -0.25) is 9.59 Å². The summed E-state index contributed by atoms with van der Waals surface area (Å²) in [7, 11) is 2.17. The van der Waals surface area contributed by atoms with E-state index in [1.807, 2.05) is 35.2 Å². The number of carbonyl (C=O) groups is 2. The van der Waals surface area contributed by atoms with E-state index in [9.17, 15) is 9.59 Å². The molecule has 5 nitrogen and oxygen atoms in total. The number of amides is 2. The van der Waals surface area contributed by atoms with Crippen LogP contribution in [0.4, 0.5) is 0 Å². The first-order valence-corrected chi connectivity index (χ1v) is 9.41. The zero-order chi connectivity index (χ0) is 17.4. The van der Waals surface area contributed by atoms with Crippen molar-refractivity contribution in [2.45, 2.75) is 31.8 Å². The van der Waals surface area contributed by atoms with E-state index in [1.54, 1.807) is 4.90 Å². The minimum absolute atomic E-state index is 0.110. The first kappa shape index (κ1) is 16.6. The molecule has 0 saturated carbocycles. The van der Waals surface area contributed by atoms with E-state index in [0.717, 1.165) is 31.7 Å². The fraction of sp³-hybridized carbons (Fsp3) is 0.600. The Bertz CT molecular complexity index is 630. The molecule has 2 bridgehead atoms. The zero-order valence-electron chi connectivity index (χ0n) is 14.9. The van der Waals surface area contributed by atoms with Gasteiger partial charge >= 0.3 is 0 Å². The highest BCUT2D eigenvalue weighted by Gasteiger charge is 2.41. The van der Waals surface area contributed by atoms with E-state index in [1.165, 1.54) is 6.42 Å². The molecule has 3 saturated heterocycles. The Labute approximate surface area is 149 Å². The minimum Gasteiger partial charge on any atom is -0.340 e.